The van der Waals surface area contributed by atoms with Crippen LogP contribution in [0.2, 0.25) is 0 Å². The molecule has 0 unspecified atom stereocenters. The van der Waals surface area contributed by atoms with Gasteiger partial charge in [-0.25, -0.2) is 0 Å². The van der Waals surface area contributed by atoms with Crippen molar-refractivity contribution in [1.29, 1.82) is 0 Å². The Bertz CT molecular complexity index is 255. The minimum atomic E-state index is 0.587. The average Bonchev–Trinajstić information content (AvgIpc) is 2.83. The van der Waals surface area contributed by atoms with E-state index in [9.17, 15) is 0 Å². The zero-order valence-corrected chi connectivity index (χ0v) is 7.21. The Kier molecular flexibility index (Phi) is 2.08. The molecule has 1 aromatic heterocycles. The molecule has 4 nitrogen and oxygen atoms in total. The van der Waals surface area contributed by atoms with Gasteiger partial charge in [-0.05, 0) is 19.4 Å². The smallest absolute Gasteiger partial charge is 0.240 e. The molecule has 12 heavy (non-hydrogen) atoms. The van der Waals surface area contributed by atoms with Gasteiger partial charge in [-0.3, -0.25) is 0 Å². The number of aromatic nitrogens is 2. The molecule has 4 heteroatoms. The zero-order valence-electron chi connectivity index (χ0n) is 7.21. The van der Waals surface area contributed by atoms with E-state index in [0.29, 0.717) is 18.4 Å². The SMILES string of the molecule is CCNCc1nc(C2CC2)no1. The average molecular weight is 167 g/mol. The van der Waals surface area contributed by atoms with Gasteiger partial charge in [0.1, 0.15) is 0 Å². The van der Waals surface area contributed by atoms with Gasteiger partial charge in [0, 0.05) is 5.92 Å². The predicted octanol–water partition coefficient (Wildman–Crippen LogP) is 1.06. The Hall–Kier alpha value is -0.900. The molecule has 1 aromatic rings. The molecule has 0 atom stereocenters. The molecule has 0 radical (unpaired) electrons. The lowest BCUT2D eigenvalue weighted by atomic mass is 10.4. The minimum Gasteiger partial charge on any atom is -0.338 e. The lowest BCUT2D eigenvalue weighted by Gasteiger charge is -1.91. The summed E-state index contributed by atoms with van der Waals surface area (Å²) in [5, 5.41) is 7.05. The summed E-state index contributed by atoms with van der Waals surface area (Å²) in [6.45, 7) is 3.68. The van der Waals surface area contributed by atoms with E-state index in [2.05, 4.69) is 22.4 Å². The van der Waals surface area contributed by atoms with Crippen molar-refractivity contribution in [3.63, 3.8) is 0 Å². The lowest BCUT2D eigenvalue weighted by Crippen LogP contribution is -2.11. The molecule has 1 aliphatic rings. The highest BCUT2D eigenvalue weighted by molar-refractivity contribution is 5.03. The molecular weight excluding hydrogens is 154 g/mol. The first-order chi connectivity index (χ1) is 5.90. The van der Waals surface area contributed by atoms with Crippen molar-refractivity contribution in [3.05, 3.63) is 11.7 Å². The molecule has 1 N–H and O–H groups in total. The second-order valence-electron chi connectivity index (χ2n) is 3.10. The fourth-order valence-corrected chi connectivity index (χ4v) is 1.08. The Morgan fingerprint density at radius 3 is 3.08 bits per heavy atom. The molecule has 1 heterocycles. The summed E-state index contributed by atoms with van der Waals surface area (Å²) in [5.41, 5.74) is 0. The van der Waals surface area contributed by atoms with Gasteiger partial charge in [0.15, 0.2) is 5.82 Å². The van der Waals surface area contributed by atoms with Crippen molar-refractivity contribution < 1.29 is 4.52 Å². The van der Waals surface area contributed by atoms with Crippen LogP contribution in [0.3, 0.4) is 0 Å². The van der Waals surface area contributed by atoms with Crippen molar-refractivity contribution >= 4 is 0 Å². The summed E-state index contributed by atoms with van der Waals surface area (Å²) in [6.07, 6.45) is 2.44. The maximum atomic E-state index is 5.04. The molecule has 0 aliphatic heterocycles. The van der Waals surface area contributed by atoms with Crippen LogP contribution in [0.25, 0.3) is 0 Å². The Labute approximate surface area is 71.4 Å². The fourth-order valence-electron chi connectivity index (χ4n) is 1.08. The van der Waals surface area contributed by atoms with Crippen molar-refractivity contribution in [2.75, 3.05) is 6.54 Å². The second-order valence-corrected chi connectivity index (χ2v) is 3.10. The van der Waals surface area contributed by atoms with Crippen LogP contribution in [0.1, 0.15) is 37.4 Å². The van der Waals surface area contributed by atoms with E-state index < -0.39 is 0 Å². The lowest BCUT2D eigenvalue weighted by molar-refractivity contribution is 0.364. The molecule has 1 aliphatic carbocycles. The third-order valence-corrected chi connectivity index (χ3v) is 1.95. The van der Waals surface area contributed by atoms with Crippen LogP contribution in [-0.2, 0) is 6.54 Å². The summed E-state index contributed by atoms with van der Waals surface area (Å²) in [5.74, 6) is 2.19. The highest BCUT2D eigenvalue weighted by Crippen LogP contribution is 2.37. The molecule has 0 bridgehead atoms. The normalized spacial score (nSPS) is 16.8. The van der Waals surface area contributed by atoms with Crippen LogP contribution < -0.4 is 5.32 Å². The van der Waals surface area contributed by atoms with Gasteiger partial charge < -0.3 is 9.84 Å². The van der Waals surface area contributed by atoms with Gasteiger partial charge >= 0.3 is 0 Å². The standard InChI is InChI=1S/C8H13N3O/c1-2-9-5-7-10-8(11-12-7)6-3-4-6/h6,9H,2-5H2,1H3. The van der Waals surface area contributed by atoms with E-state index in [1.165, 1.54) is 12.8 Å². The first kappa shape index (κ1) is 7.73. The van der Waals surface area contributed by atoms with Gasteiger partial charge in [0.25, 0.3) is 0 Å². The molecule has 0 aromatic carbocycles. The van der Waals surface area contributed by atoms with E-state index in [1.807, 2.05) is 0 Å². The van der Waals surface area contributed by atoms with E-state index >= 15 is 0 Å². The number of hydrogen-bond acceptors (Lipinski definition) is 4. The number of nitrogens with one attached hydrogen (secondary N) is 1. The molecule has 66 valence electrons. The topological polar surface area (TPSA) is 51.0 Å². The van der Waals surface area contributed by atoms with Crippen molar-refractivity contribution in [2.45, 2.75) is 32.2 Å². The van der Waals surface area contributed by atoms with Crippen LogP contribution in [0.5, 0.6) is 0 Å². The zero-order chi connectivity index (χ0) is 8.39. The number of rotatable bonds is 4. The highest BCUT2D eigenvalue weighted by Gasteiger charge is 2.28. The molecular formula is C8H13N3O. The first-order valence-electron chi connectivity index (χ1n) is 4.43. The van der Waals surface area contributed by atoms with Crippen molar-refractivity contribution in [3.8, 4) is 0 Å². The summed E-state index contributed by atoms with van der Waals surface area (Å²) in [6, 6.07) is 0. The molecule has 0 amide bonds. The summed E-state index contributed by atoms with van der Waals surface area (Å²) >= 11 is 0. The maximum absolute atomic E-state index is 5.04. The van der Waals surface area contributed by atoms with Crippen molar-refractivity contribution in [1.82, 2.24) is 15.5 Å². The van der Waals surface area contributed by atoms with Crippen molar-refractivity contribution in [2.24, 2.45) is 0 Å². The Morgan fingerprint density at radius 2 is 2.42 bits per heavy atom. The first-order valence-corrected chi connectivity index (χ1v) is 4.43. The van der Waals surface area contributed by atoms with Crippen LogP contribution in [0.4, 0.5) is 0 Å². The molecule has 0 saturated heterocycles. The monoisotopic (exact) mass is 167 g/mol. The second kappa shape index (κ2) is 3.23. The quantitative estimate of drug-likeness (QED) is 0.728. The van der Waals surface area contributed by atoms with E-state index in [-0.39, 0.29) is 0 Å². The maximum Gasteiger partial charge on any atom is 0.240 e. The summed E-state index contributed by atoms with van der Waals surface area (Å²) < 4.78 is 5.04. The van der Waals surface area contributed by atoms with Crippen LogP contribution in [0.15, 0.2) is 4.52 Å². The van der Waals surface area contributed by atoms with E-state index in [0.717, 1.165) is 12.4 Å². The highest BCUT2D eigenvalue weighted by atomic mass is 16.5. The van der Waals surface area contributed by atoms with Gasteiger partial charge in [0.05, 0.1) is 6.54 Å². The molecule has 0 spiro atoms. The van der Waals surface area contributed by atoms with Gasteiger partial charge in [-0.2, -0.15) is 4.98 Å². The molecule has 1 saturated carbocycles. The predicted molar refractivity (Wildman–Crippen MR) is 43.7 cm³/mol. The van der Waals surface area contributed by atoms with E-state index in [1.54, 1.807) is 0 Å². The van der Waals surface area contributed by atoms with Gasteiger partial charge in [-0.15, -0.1) is 0 Å². The summed E-state index contributed by atoms with van der Waals surface area (Å²) in [7, 11) is 0. The minimum absolute atomic E-state index is 0.587. The summed E-state index contributed by atoms with van der Waals surface area (Å²) in [4.78, 5) is 4.27. The third-order valence-electron chi connectivity index (χ3n) is 1.95. The molecule has 2 rings (SSSR count). The number of hydrogen-bond donors (Lipinski definition) is 1. The van der Waals surface area contributed by atoms with Crippen LogP contribution in [-0.4, -0.2) is 16.7 Å². The third kappa shape index (κ3) is 1.64. The molecule has 1 fully saturated rings. The van der Waals surface area contributed by atoms with E-state index in [4.69, 9.17) is 4.52 Å². The number of nitrogens with zero attached hydrogens (tertiary/aromatic N) is 2. The van der Waals surface area contributed by atoms with Gasteiger partial charge in [0.2, 0.25) is 5.89 Å². The van der Waals surface area contributed by atoms with Crippen LogP contribution in [0, 0.1) is 0 Å². The van der Waals surface area contributed by atoms with Crippen LogP contribution >= 0.6 is 0 Å². The Morgan fingerprint density at radius 1 is 1.58 bits per heavy atom. The fraction of sp³-hybridized carbons (Fsp3) is 0.750. The van der Waals surface area contributed by atoms with Gasteiger partial charge in [-0.1, -0.05) is 12.1 Å². The Balaban J connectivity index is 1.93. The largest absolute Gasteiger partial charge is 0.338 e.